The fraction of sp³-hybridized carbons (Fsp3) is 0.533. The Morgan fingerprint density at radius 2 is 2.13 bits per heavy atom. The normalized spacial score (nSPS) is 21.0. The van der Waals surface area contributed by atoms with Gasteiger partial charge in [-0.2, -0.15) is 13.2 Å². The van der Waals surface area contributed by atoms with Crippen LogP contribution in [0.4, 0.5) is 13.2 Å². The van der Waals surface area contributed by atoms with Crippen LogP contribution in [-0.4, -0.2) is 36.5 Å². The Morgan fingerprint density at radius 1 is 1.43 bits per heavy atom. The lowest BCUT2D eigenvalue weighted by Gasteiger charge is -2.21. The van der Waals surface area contributed by atoms with E-state index >= 15 is 0 Å². The molecule has 1 saturated heterocycles. The molecule has 0 radical (unpaired) electrons. The van der Waals surface area contributed by atoms with E-state index in [1.165, 1.54) is 12.1 Å². The lowest BCUT2D eigenvalue weighted by Crippen LogP contribution is -2.37. The van der Waals surface area contributed by atoms with Gasteiger partial charge in [-0.05, 0) is 44.0 Å². The molecule has 8 heteroatoms. The van der Waals surface area contributed by atoms with Crippen molar-refractivity contribution in [3.05, 3.63) is 29.8 Å². The Hall–Kier alpha value is -1.47. The van der Waals surface area contributed by atoms with E-state index in [-0.39, 0.29) is 42.6 Å². The van der Waals surface area contributed by atoms with Crippen LogP contribution in [0.2, 0.25) is 0 Å². The number of hydrogen-bond donors (Lipinski definition) is 1. The van der Waals surface area contributed by atoms with Gasteiger partial charge in [0.2, 0.25) is 0 Å². The van der Waals surface area contributed by atoms with Crippen molar-refractivity contribution < 1.29 is 22.7 Å². The van der Waals surface area contributed by atoms with Gasteiger partial charge in [0.25, 0.3) is 5.91 Å². The van der Waals surface area contributed by atoms with Crippen LogP contribution in [0.3, 0.4) is 0 Å². The number of likely N-dealkylation sites (tertiary alicyclic amines) is 1. The quantitative estimate of drug-likeness (QED) is 0.906. The van der Waals surface area contributed by atoms with E-state index in [4.69, 9.17) is 10.5 Å². The van der Waals surface area contributed by atoms with Crippen LogP contribution in [0.5, 0.6) is 5.75 Å². The molecule has 0 spiro atoms. The highest BCUT2D eigenvalue weighted by Gasteiger charge is 2.32. The maximum atomic E-state index is 12.6. The number of ether oxygens (including phenoxy) is 1. The van der Waals surface area contributed by atoms with Gasteiger partial charge in [-0.1, -0.05) is 6.07 Å². The van der Waals surface area contributed by atoms with Gasteiger partial charge in [-0.25, -0.2) is 0 Å². The standard InChI is InChI=1S/C15H19F3N2O2.ClH/c1-10-5-11(7-19)8-20(10)14(21)9-22-13-4-2-3-12(6-13)15(16,17)18;/h2-4,6,10-11H,5,7-9,19H2,1H3;1H. The van der Waals surface area contributed by atoms with Crippen LogP contribution in [0.25, 0.3) is 0 Å². The van der Waals surface area contributed by atoms with E-state index in [1.54, 1.807) is 4.90 Å². The van der Waals surface area contributed by atoms with Gasteiger partial charge in [0.05, 0.1) is 5.56 Å². The van der Waals surface area contributed by atoms with Crippen molar-refractivity contribution in [1.82, 2.24) is 4.90 Å². The van der Waals surface area contributed by atoms with Crippen molar-refractivity contribution in [1.29, 1.82) is 0 Å². The summed E-state index contributed by atoms with van der Waals surface area (Å²) >= 11 is 0. The molecule has 0 aromatic heterocycles. The van der Waals surface area contributed by atoms with Gasteiger partial charge >= 0.3 is 6.18 Å². The summed E-state index contributed by atoms with van der Waals surface area (Å²) in [4.78, 5) is 13.8. The minimum atomic E-state index is -4.43. The van der Waals surface area contributed by atoms with Crippen LogP contribution in [0.1, 0.15) is 18.9 Å². The predicted molar refractivity (Wildman–Crippen MR) is 82.5 cm³/mol. The predicted octanol–water partition coefficient (Wildman–Crippen LogP) is 2.70. The van der Waals surface area contributed by atoms with E-state index < -0.39 is 11.7 Å². The van der Waals surface area contributed by atoms with E-state index in [1.807, 2.05) is 6.92 Å². The number of halogens is 4. The van der Waals surface area contributed by atoms with Crippen LogP contribution >= 0.6 is 12.4 Å². The molecule has 2 rings (SSSR count). The number of carbonyl (C=O) groups is 1. The number of rotatable bonds is 4. The summed E-state index contributed by atoms with van der Waals surface area (Å²) in [6.45, 7) is 2.74. The number of amides is 1. The summed E-state index contributed by atoms with van der Waals surface area (Å²) in [5.74, 6) is 0.0683. The lowest BCUT2D eigenvalue weighted by molar-refractivity contribution is -0.137. The average Bonchev–Trinajstić information content (AvgIpc) is 2.85. The third-order valence-corrected chi connectivity index (χ3v) is 3.84. The van der Waals surface area contributed by atoms with Crippen molar-refractivity contribution in [3.8, 4) is 5.75 Å². The van der Waals surface area contributed by atoms with Crippen molar-refractivity contribution in [2.24, 2.45) is 11.7 Å². The minimum Gasteiger partial charge on any atom is -0.484 e. The number of hydrogen-bond acceptors (Lipinski definition) is 3. The van der Waals surface area contributed by atoms with Crippen LogP contribution < -0.4 is 10.5 Å². The summed E-state index contributed by atoms with van der Waals surface area (Å²) in [5.41, 5.74) is 4.81. The Balaban J connectivity index is 0.00000264. The molecule has 1 amide bonds. The zero-order valence-corrected chi connectivity index (χ0v) is 13.5. The fourth-order valence-corrected chi connectivity index (χ4v) is 2.65. The van der Waals surface area contributed by atoms with Gasteiger partial charge in [0.1, 0.15) is 5.75 Å². The number of nitrogens with zero attached hydrogens (tertiary/aromatic N) is 1. The molecule has 1 heterocycles. The van der Waals surface area contributed by atoms with E-state index in [0.717, 1.165) is 18.6 Å². The van der Waals surface area contributed by atoms with Gasteiger partial charge in [-0.3, -0.25) is 4.79 Å². The molecule has 1 fully saturated rings. The number of carbonyl (C=O) groups excluding carboxylic acids is 1. The summed E-state index contributed by atoms with van der Waals surface area (Å²) in [7, 11) is 0. The van der Waals surface area contributed by atoms with Crippen molar-refractivity contribution in [2.75, 3.05) is 19.7 Å². The maximum Gasteiger partial charge on any atom is 0.416 e. The molecule has 0 saturated carbocycles. The fourth-order valence-electron chi connectivity index (χ4n) is 2.65. The second-order valence-electron chi connectivity index (χ2n) is 5.55. The second-order valence-corrected chi connectivity index (χ2v) is 5.55. The highest BCUT2D eigenvalue weighted by molar-refractivity contribution is 5.85. The molecule has 0 aliphatic carbocycles. The number of benzene rings is 1. The molecule has 1 aromatic carbocycles. The first-order valence-corrected chi connectivity index (χ1v) is 7.11. The molecule has 2 unspecified atom stereocenters. The second kappa shape index (κ2) is 7.88. The third-order valence-electron chi connectivity index (χ3n) is 3.84. The Morgan fingerprint density at radius 3 is 2.70 bits per heavy atom. The van der Waals surface area contributed by atoms with Crippen molar-refractivity contribution >= 4 is 18.3 Å². The Labute approximate surface area is 139 Å². The first kappa shape index (κ1) is 19.6. The highest BCUT2D eigenvalue weighted by atomic mass is 35.5. The van der Waals surface area contributed by atoms with E-state index in [2.05, 4.69) is 0 Å². The van der Waals surface area contributed by atoms with Crippen LogP contribution in [0, 0.1) is 5.92 Å². The Bertz CT molecular complexity index is 540. The topological polar surface area (TPSA) is 55.6 Å². The first-order chi connectivity index (χ1) is 10.3. The molecule has 1 aromatic rings. The number of nitrogens with two attached hydrogens (primary N) is 1. The zero-order valence-electron chi connectivity index (χ0n) is 12.7. The Kier molecular flexibility index (Phi) is 6.70. The van der Waals surface area contributed by atoms with Gasteiger partial charge in [0, 0.05) is 12.6 Å². The highest BCUT2D eigenvalue weighted by Crippen LogP contribution is 2.31. The van der Waals surface area contributed by atoms with Gasteiger partial charge in [-0.15, -0.1) is 12.4 Å². The molecule has 2 atom stereocenters. The van der Waals surface area contributed by atoms with Gasteiger partial charge in [0.15, 0.2) is 6.61 Å². The van der Waals surface area contributed by atoms with Gasteiger partial charge < -0.3 is 15.4 Å². The monoisotopic (exact) mass is 352 g/mol. The van der Waals surface area contributed by atoms with E-state index in [9.17, 15) is 18.0 Å². The molecular weight excluding hydrogens is 333 g/mol. The summed E-state index contributed by atoms with van der Waals surface area (Å²) in [5, 5.41) is 0. The first-order valence-electron chi connectivity index (χ1n) is 7.11. The summed E-state index contributed by atoms with van der Waals surface area (Å²) in [6.07, 6.45) is -3.59. The third kappa shape index (κ3) is 5.00. The molecule has 0 bridgehead atoms. The largest absolute Gasteiger partial charge is 0.484 e. The minimum absolute atomic E-state index is 0. The lowest BCUT2D eigenvalue weighted by atomic mass is 10.1. The molecular formula is C15H20ClF3N2O2. The molecule has 23 heavy (non-hydrogen) atoms. The number of alkyl halides is 3. The SMILES string of the molecule is CC1CC(CN)CN1C(=O)COc1cccc(C(F)(F)F)c1.Cl. The molecule has 1 aliphatic rings. The molecule has 2 N–H and O–H groups in total. The van der Waals surface area contributed by atoms with Crippen LogP contribution in [0.15, 0.2) is 24.3 Å². The van der Waals surface area contributed by atoms with Crippen molar-refractivity contribution in [2.45, 2.75) is 25.6 Å². The zero-order chi connectivity index (χ0) is 16.3. The van der Waals surface area contributed by atoms with Crippen molar-refractivity contribution in [3.63, 3.8) is 0 Å². The molecule has 4 nitrogen and oxygen atoms in total. The maximum absolute atomic E-state index is 12.6. The van der Waals surface area contributed by atoms with E-state index in [0.29, 0.717) is 13.1 Å². The van der Waals surface area contributed by atoms with Crippen LogP contribution in [-0.2, 0) is 11.0 Å². The summed E-state index contributed by atoms with van der Waals surface area (Å²) < 4.78 is 43.0. The molecule has 1 aliphatic heterocycles. The molecule has 130 valence electrons. The average molecular weight is 353 g/mol. The smallest absolute Gasteiger partial charge is 0.416 e. The summed E-state index contributed by atoms with van der Waals surface area (Å²) in [6, 6.07) is 4.59.